The molecule has 0 saturated heterocycles. The fraction of sp³-hybridized carbons (Fsp3) is 0.118. The van der Waals surface area contributed by atoms with Crippen LogP contribution in [0.1, 0.15) is 18.9 Å². The number of benzene rings is 2. The summed E-state index contributed by atoms with van der Waals surface area (Å²) >= 11 is 0. The van der Waals surface area contributed by atoms with Gasteiger partial charge in [0.25, 0.3) is 0 Å². The van der Waals surface area contributed by atoms with E-state index in [4.69, 9.17) is 5.11 Å². The van der Waals surface area contributed by atoms with Gasteiger partial charge in [-0.1, -0.05) is 42.5 Å². The van der Waals surface area contributed by atoms with Gasteiger partial charge >= 0.3 is 5.97 Å². The Balaban J connectivity index is 2.42. The topological polar surface area (TPSA) is 37.3 Å². The van der Waals surface area contributed by atoms with Gasteiger partial charge in [-0.3, -0.25) is 4.79 Å². The molecule has 2 rings (SSSR count). The Morgan fingerprint density at radius 3 is 2.45 bits per heavy atom. The quantitative estimate of drug-likeness (QED) is 0.895. The van der Waals surface area contributed by atoms with E-state index in [2.05, 4.69) is 0 Å². The number of halogens is 1. The molecule has 3 heteroatoms. The Bertz CT molecular complexity index is 642. The predicted molar refractivity (Wildman–Crippen MR) is 77.7 cm³/mol. The first-order chi connectivity index (χ1) is 9.58. The van der Waals surface area contributed by atoms with Gasteiger partial charge < -0.3 is 5.11 Å². The van der Waals surface area contributed by atoms with Crippen molar-refractivity contribution in [1.29, 1.82) is 0 Å². The van der Waals surface area contributed by atoms with Crippen molar-refractivity contribution in [3.05, 3.63) is 66.0 Å². The van der Waals surface area contributed by atoms with Gasteiger partial charge in [0.1, 0.15) is 5.82 Å². The fourth-order valence-electron chi connectivity index (χ4n) is 2.06. The van der Waals surface area contributed by atoms with E-state index in [0.717, 1.165) is 22.3 Å². The molecule has 102 valence electrons. The van der Waals surface area contributed by atoms with E-state index in [1.165, 1.54) is 12.1 Å². The summed E-state index contributed by atoms with van der Waals surface area (Å²) in [4.78, 5) is 10.6. The largest absolute Gasteiger partial charge is 0.481 e. The highest BCUT2D eigenvalue weighted by atomic mass is 19.1. The molecule has 0 unspecified atom stereocenters. The Hall–Kier alpha value is -2.42. The molecule has 0 aliphatic heterocycles. The first kappa shape index (κ1) is 14.0. The molecule has 0 aliphatic carbocycles. The molecule has 0 saturated carbocycles. The van der Waals surface area contributed by atoms with Crippen LogP contribution in [0.2, 0.25) is 0 Å². The molecule has 0 radical (unpaired) electrons. The second kappa shape index (κ2) is 6.15. The molecule has 0 amide bonds. The average molecular weight is 270 g/mol. The normalized spacial score (nSPS) is 11.4. The SMILES string of the molecule is C/C(=C\CC(=O)O)c1ccccc1-c1ccc(F)cc1. The van der Waals surface area contributed by atoms with Crippen LogP contribution < -0.4 is 0 Å². The summed E-state index contributed by atoms with van der Waals surface area (Å²) < 4.78 is 13.0. The maximum atomic E-state index is 13.0. The van der Waals surface area contributed by atoms with Crippen molar-refractivity contribution in [1.82, 2.24) is 0 Å². The molecule has 0 aliphatic rings. The van der Waals surface area contributed by atoms with Crippen molar-refractivity contribution < 1.29 is 14.3 Å². The highest BCUT2D eigenvalue weighted by molar-refractivity contribution is 5.82. The van der Waals surface area contributed by atoms with Crippen LogP contribution in [-0.4, -0.2) is 11.1 Å². The minimum atomic E-state index is -0.858. The number of hydrogen-bond donors (Lipinski definition) is 1. The minimum absolute atomic E-state index is 0.0103. The van der Waals surface area contributed by atoms with E-state index >= 15 is 0 Å². The Kier molecular flexibility index (Phi) is 4.31. The molecule has 0 heterocycles. The molecule has 20 heavy (non-hydrogen) atoms. The first-order valence-electron chi connectivity index (χ1n) is 6.32. The van der Waals surface area contributed by atoms with Gasteiger partial charge in [-0.15, -0.1) is 0 Å². The van der Waals surface area contributed by atoms with Gasteiger partial charge in [0.15, 0.2) is 0 Å². The van der Waals surface area contributed by atoms with Crippen LogP contribution in [0.5, 0.6) is 0 Å². The van der Waals surface area contributed by atoms with Crippen LogP contribution in [0, 0.1) is 5.82 Å². The van der Waals surface area contributed by atoms with E-state index in [0.29, 0.717) is 0 Å². The Morgan fingerprint density at radius 1 is 1.15 bits per heavy atom. The maximum Gasteiger partial charge on any atom is 0.307 e. The van der Waals surface area contributed by atoms with Crippen molar-refractivity contribution in [3.8, 4) is 11.1 Å². The van der Waals surface area contributed by atoms with Crippen LogP contribution in [0.3, 0.4) is 0 Å². The second-order valence-electron chi connectivity index (χ2n) is 4.54. The standard InChI is InChI=1S/C17H15FO2/c1-12(6-11-17(19)20)15-4-2-3-5-16(15)13-7-9-14(18)10-8-13/h2-10H,11H2,1H3,(H,19,20)/b12-6+. The van der Waals surface area contributed by atoms with Crippen LogP contribution >= 0.6 is 0 Å². The maximum absolute atomic E-state index is 13.0. The highest BCUT2D eigenvalue weighted by Gasteiger charge is 2.06. The highest BCUT2D eigenvalue weighted by Crippen LogP contribution is 2.29. The lowest BCUT2D eigenvalue weighted by molar-refractivity contribution is -0.135. The molecule has 1 N–H and O–H groups in total. The zero-order valence-electron chi connectivity index (χ0n) is 11.1. The van der Waals surface area contributed by atoms with Gasteiger partial charge in [0, 0.05) is 0 Å². The second-order valence-corrected chi connectivity index (χ2v) is 4.54. The molecule has 0 aromatic heterocycles. The molecular weight excluding hydrogens is 255 g/mol. The predicted octanol–water partition coefficient (Wildman–Crippen LogP) is 4.37. The van der Waals surface area contributed by atoms with Crippen LogP contribution in [0.15, 0.2) is 54.6 Å². The number of carbonyl (C=O) groups is 1. The van der Waals surface area contributed by atoms with Crippen molar-refractivity contribution in [2.45, 2.75) is 13.3 Å². The van der Waals surface area contributed by atoms with Crippen molar-refractivity contribution >= 4 is 11.5 Å². The summed E-state index contributed by atoms with van der Waals surface area (Å²) in [6.07, 6.45) is 1.67. The van der Waals surface area contributed by atoms with Gasteiger partial charge in [-0.2, -0.15) is 0 Å². The molecule has 0 atom stereocenters. The summed E-state index contributed by atoms with van der Waals surface area (Å²) in [5, 5.41) is 8.74. The zero-order chi connectivity index (χ0) is 14.5. The fourth-order valence-corrected chi connectivity index (χ4v) is 2.06. The number of allylic oxidation sites excluding steroid dienone is 1. The lowest BCUT2D eigenvalue weighted by Crippen LogP contribution is -1.92. The van der Waals surface area contributed by atoms with E-state index in [9.17, 15) is 9.18 Å². The summed E-state index contributed by atoms with van der Waals surface area (Å²) in [6, 6.07) is 14.0. The molecule has 2 nitrogen and oxygen atoms in total. The van der Waals surface area contributed by atoms with Crippen molar-refractivity contribution in [2.75, 3.05) is 0 Å². The first-order valence-corrected chi connectivity index (χ1v) is 6.32. The third kappa shape index (κ3) is 3.32. The minimum Gasteiger partial charge on any atom is -0.481 e. The van der Waals surface area contributed by atoms with Gasteiger partial charge in [0.2, 0.25) is 0 Å². The summed E-state index contributed by atoms with van der Waals surface area (Å²) in [7, 11) is 0. The van der Waals surface area contributed by atoms with E-state index < -0.39 is 5.97 Å². The summed E-state index contributed by atoms with van der Waals surface area (Å²) in [5.74, 6) is -1.13. The van der Waals surface area contributed by atoms with Gasteiger partial charge in [0.05, 0.1) is 6.42 Å². The summed E-state index contributed by atoms with van der Waals surface area (Å²) in [5.41, 5.74) is 3.73. The Morgan fingerprint density at radius 2 is 1.80 bits per heavy atom. The third-order valence-corrected chi connectivity index (χ3v) is 3.09. The van der Waals surface area contributed by atoms with Crippen LogP contribution in [0.25, 0.3) is 16.7 Å². The number of hydrogen-bond acceptors (Lipinski definition) is 1. The summed E-state index contributed by atoms with van der Waals surface area (Å²) in [6.45, 7) is 1.88. The number of carboxylic acid groups (broad SMARTS) is 1. The lowest BCUT2D eigenvalue weighted by atomic mass is 9.95. The molecule has 0 spiro atoms. The number of aliphatic carboxylic acids is 1. The molecular formula is C17H15FO2. The van der Waals surface area contributed by atoms with Crippen molar-refractivity contribution in [2.24, 2.45) is 0 Å². The van der Waals surface area contributed by atoms with E-state index in [-0.39, 0.29) is 12.2 Å². The molecule has 2 aromatic rings. The van der Waals surface area contributed by atoms with Crippen molar-refractivity contribution in [3.63, 3.8) is 0 Å². The van der Waals surface area contributed by atoms with E-state index in [1.807, 2.05) is 31.2 Å². The smallest absolute Gasteiger partial charge is 0.307 e. The molecule has 0 fully saturated rings. The lowest BCUT2D eigenvalue weighted by Gasteiger charge is -2.10. The molecule has 2 aromatic carbocycles. The third-order valence-electron chi connectivity index (χ3n) is 3.09. The van der Waals surface area contributed by atoms with Gasteiger partial charge in [-0.25, -0.2) is 4.39 Å². The Labute approximate surface area is 117 Å². The van der Waals surface area contributed by atoms with Gasteiger partial charge in [-0.05, 0) is 41.3 Å². The zero-order valence-corrected chi connectivity index (χ0v) is 11.1. The van der Waals surface area contributed by atoms with Crippen LogP contribution in [0.4, 0.5) is 4.39 Å². The van der Waals surface area contributed by atoms with Crippen LogP contribution in [-0.2, 0) is 4.79 Å². The average Bonchev–Trinajstić information content (AvgIpc) is 2.45. The monoisotopic (exact) mass is 270 g/mol. The van der Waals surface area contributed by atoms with E-state index in [1.54, 1.807) is 18.2 Å². The molecule has 0 bridgehead atoms. The number of carboxylic acids is 1. The number of rotatable bonds is 4.